The Morgan fingerprint density at radius 2 is 1.97 bits per heavy atom. The van der Waals surface area contributed by atoms with E-state index in [-0.39, 0.29) is 11.5 Å². The van der Waals surface area contributed by atoms with Crippen LogP contribution in [-0.2, 0) is 0 Å². The highest BCUT2D eigenvalue weighted by Crippen LogP contribution is 2.32. The second-order valence-corrected chi connectivity index (χ2v) is 9.39. The van der Waals surface area contributed by atoms with Gasteiger partial charge in [-0.2, -0.15) is 9.78 Å². The molecule has 2 aromatic carbocycles. The molecule has 0 atom stereocenters. The molecule has 0 N–H and O–H groups in total. The van der Waals surface area contributed by atoms with Gasteiger partial charge in [0.2, 0.25) is 0 Å². The average Bonchev–Trinajstić information content (AvgIpc) is 2.78. The molecule has 0 saturated heterocycles. The highest BCUT2D eigenvalue weighted by atomic mass is 79.9. The quantitative estimate of drug-likeness (QED) is 0.266. The zero-order chi connectivity index (χ0) is 21.8. The lowest BCUT2D eigenvalue weighted by molar-refractivity contribution is 0.361. The molecule has 0 spiro atoms. The Balaban J connectivity index is 1.76. The Kier molecular flexibility index (Phi) is 7.02. The van der Waals surface area contributed by atoms with Gasteiger partial charge >= 0.3 is 0 Å². The van der Waals surface area contributed by atoms with Gasteiger partial charge in [0.25, 0.3) is 5.56 Å². The normalized spacial score (nSPS) is 14.9. The second kappa shape index (κ2) is 9.92. The first kappa shape index (κ1) is 22.0. The second-order valence-electron chi connectivity index (χ2n) is 7.62. The topological polar surface area (TPSA) is 56.5 Å². The van der Waals surface area contributed by atoms with Crippen LogP contribution in [0.15, 0.2) is 67.9 Å². The highest BCUT2D eigenvalue weighted by Gasteiger charge is 2.22. The van der Waals surface area contributed by atoms with Crippen LogP contribution in [0.4, 0.5) is 0 Å². The minimum Gasteiger partial charge on any atom is -0.488 e. The Hall–Kier alpha value is -2.25. The maximum Gasteiger partial charge on any atom is 0.282 e. The van der Waals surface area contributed by atoms with E-state index >= 15 is 0 Å². The third-order valence-corrected chi connectivity index (χ3v) is 6.55. The molecule has 0 bridgehead atoms. The molecule has 1 aliphatic carbocycles. The van der Waals surface area contributed by atoms with Crippen LogP contribution >= 0.6 is 31.9 Å². The van der Waals surface area contributed by atoms with Gasteiger partial charge in [-0.1, -0.05) is 47.8 Å². The van der Waals surface area contributed by atoms with Gasteiger partial charge in [-0.15, -0.1) is 0 Å². The minimum absolute atomic E-state index is 0.145. The summed E-state index contributed by atoms with van der Waals surface area (Å²) in [5.74, 6) is 1.73. The van der Waals surface area contributed by atoms with E-state index in [9.17, 15) is 4.79 Å². The Labute approximate surface area is 198 Å². The fraction of sp³-hybridized carbons (Fsp3) is 0.292. The monoisotopic (exact) mass is 543 g/mol. The minimum atomic E-state index is -0.145. The predicted octanol–water partition coefficient (Wildman–Crippen LogP) is 6.42. The summed E-state index contributed by atoms with van der Waals surface area (Å²) in [5, 5.41) is 5.14. The van der Waals surface area contributed by atoms with E-state index in [1.165, 1.54) is 11.1 Å². The van der Waals surface area contributed by atoms with Crippen molar-refractivity contribution in [1.29, 1.82) is 0 Å². The first-order valence-corrected chi connectivity index (χ1v) is 11.9. The van der Waals surface area contributed by atoms with Gasteiger partial charge in [0.15, 0.2) is 0 Å². The lowest BCUT2D eigenvalue weighted by Crippen LogP contribution is -2.25. The Bertz CT molecular complexity index is 1200. The van der Waals surface area contributed by atoms with Crippen molar-refractivity contribution in [3.8, 4) is 5.75 Å². The van der Waals surface area contributed by atoms with Crippen molar-refractivity contribution in [2.24, 2.45) is 5.10 Å². The van der Waals surface area contributed by atoms with Crippen molar-refractivity contribution in [2.45, 2.75) is 38.0 Å². The van der Waals surface area contributed by atoms with Crippen LogP contribution < -0.4 is 10.3 Å². The van der Waals surface area contributed by atoms with Crippen LogP contribution in [0.2, 0.25) is 0 Å². The molecule has 7 heteroatoms. The van der Waals surface area contributed by atoms with Crippen molar-refractivity contribution >= 4 is 49.0 Å². The first-order chi connectivity index (χ1) is 15.1. The third-order valence-electron chi connectivity index (χ3n) is 5.44. The number of aromatic nitrogens is 2. The van der Waals surface area contributed by atoms with E-state index < -0.39 is 0 Å². The molecule has 160 valence electrons. The van der Waals surface area contributed by atoms with Gasteiger partial charge in [0, 0.05) is 10.4 Å². The van der Waals surface area contributed by atoms with Crippen LogP contribution in [0, 0.1) is 0 Å². The summed E-state index contributed by atoms with van der Waals surface area (Å²) in [6, 6.07) is 11.3. The lowest BCUT2D eigenvalue weighted by Gasteiger charge is -2.22. The van der Waals surface area contributed by atoms with Crippen LogP contribution in [0.1, 0.15) is 49.4 Å². The van der Waals surface area contributed by atoms with Gasteiger partial charge in [-0.25, -0.2) is 4.98 Å². The van der Waals surface area contributed by atoms with Crippen LogP contribution in [-0.4, -0.2) is 22.5 Å². The van der Waals surface area contributed by atoms with Crippen molar-refractivity contribution in [3.63, 3.8) is 0 Å². The summed E-state index contributed by atoms with van der Waals surface area (Å²) in [6.45, 7) is 4.10. The molecule has 1 aliphatic rings. The fourth-order valence-corrected chi connectivity index (χ4v) is 4.76. The molecular weight excluding hydrogens is 522 g/mol. The summed E-state index contributed by atoms with van der Waals surface area (Å²) >= 11 is 6.99. The number of nitrogens with zero attached hydrogens (tertiary/aromatic N) is 3. The summed E-state index contributed by atoms with van der Waals surface area (Å²) < 4.78 is 8.75. The molecule has 1 saturated carbocycles. The smallest absolute Gasteiger partial charge is 0.282 e. The molecule has 5 nitrogen and oxygen atoms in total. The molecule has 0 aliphatic heterocycles. The first-order valence-electron chi connectivity index (χ1n) is 10.4. The van der Waals surface area contributed by atoms with E-state index in [1.54, 1.807) is 12.3 Å². The molecule has 1 heterocycles. The van der Waals surface area contributed by atoms with Crippen molar-refractivity contribution in [3.05, 3.63) is 79.7 Å². The van der Waals surface area contributed by atoms with Gasteiger partial charge in [0.05, 0.1) is 21.6 Å². The number of rotatable bonds is 6. The Morgan fingerprint density at radius 3 is 2.71 bits per heavy atom. The van der Waals surface area contributed by atoms with Gasteiger partial charge < -0.3 is 4.74 Å². The van der Waals surface area contributed by atoms with E-state index in [1.807, 2.05) is 36.4 Å². The molecule has 3 aromatic rings. The number of hydrogen-bond acceptors (Lipinski definition) is 4. The van der Waals surface area contributed by atoms with Crippen LogP contribution in [0.3, 0.4) is 0 Å². The van der Waals surface area contributed by atoms with E-state index in [4.69, 9.17) is 9.72 Å². The maximum absolute atomic E-state index is 13.4. The van der Waals surface area contributed by atoms with E-state index in [0.29, 0.717) is 17.5 Å². The molecule has 4 rings (SSSR count). The van der Waals surface area contributed by atoms with Crippen molar-refractivity contribution in [1.82, 2.24) is 9.66 Å². The fourth-order valence-electron chi connectivity index (χ4n) is 3.89. The molecule has 0 amide bonds. The Morgan fingerprint density at radius 1 is 1.16 bits per heavy atom. The average molecular weight is 545 g/mol. The molecule has 0 radical (unpaired) electrons. The zero-order valence-corrected chi connectivity index (χ0v) is 20.2. The summed E-state index contributed by atoms with van der Waals surface area (Å²) in [7, 11) is 0. The van der Waals surface area contributed by atoms with E-state index in [2.05, 4.69) is 43.5 Å². The highest BCUT2D eigenvalue weighted by molar-refractivity contribution is 9.10. The summed E-state index contributed by atoms with van der Waals surface area (Å²) in [5.41, 5.74) is 1.42. The molecule has 1 fully saturated rings. The van der Waals surface area contributed by atoms with E-state index in [0.717, 1.165) is 51.8 Å². The number of halogens is 2. The van der Waals surface area contributed by atoms with Crippen LogP contribution in [0.25, 0.3) is 10.9 Å². The largest absolute Gasteiger partial charge is 0.488 e. The molecule has 31 heavy (non-hydrogen) atoms. The predicted molar refractivity (Wildman–Crippen MR) is 132 cm³/mol. The van der Waals surface area contributed by atoms with Crippen molar-refractivity contribution < 1.29 is 4.74 Å². The number of benzene rings is 2. The molecular formula is C24H23Br2N3O2. The lowest BCUT2D eigenvalue weighted by atomic mass is 9.88. The summed E-state index contributed by atoms with van der Waals surface area (Å²) in [4.78, 5) is 18.2. The third kappa shape index (κ3) is 4.99. The maximum atomic E-state index is 13.4. The summed E-state index contributed by atoms with van der Waals surface area (Å²) in [6.07, 6.45) is 9.01. The van der Waals surface area contributed by atoms with Crippen LogP contribution in [0.5, 0.6) is 5.75 Å². The van der Waals surface area contributed by atoms with Gasteiger partial charge in [0.1, 0.15) is 18.2 Å². The molecule has 1 aromatic heterocycles. The van der Waals surface area contributed by atoms with Gasteiger partial charge in [-0.3, -0.25) is 4.79 Å². The number of hydrogen-bond donors (Lipinski definition) is 0. The van der Waals surface area contributed by atoms with Crippen molar-refractivity contribution in [2.75, 3.05) is 6.61 Å². The van der Waals surface area contributed by atoms with Gasteiger partial charge in [-0.05, 0) is 70.7 Å². The molecule has 0 unspecified atom stereocenters. The SMILES string of the molecule is C=CCOc1ccc(C=Nn2c(C3CCCCC3)nc3ccc(Br)cc3c2=O)cc1Br. The number of fused-ring (bicyclic) bond motifs is 1. The standard InChI is InChI=1S/C24H23Br2N3O2/c1-2-12-31-22-11-8-16(13-20(22)26)15-27-29-23(17-6-4-3-5-7-17)28-21-10-9-18(25)14-19(21)24(29)30/h2,8-11,13-15,17H,1,3-7,12H2. The number of ether oxygens (including phenoxy) is 1. The zero-order valence-electron chi connectivity index (χ0n) is 17.1.